The van der Waals surface area contributed by atoms with Crippen LogP contribution < -0.4 is 10.5 Å². The molecule has 6 heteroatoms. The number of nitrogens with one attached hydrogen (secondary N) is 1. The summed E-state index contributed by atoms with van der Waals surface area (Å²) in [5.74, 6) is -0.0207. The molecule has 2 N–H and O–H groups in total. The average molecular weight is 237 g/mol. The van der Waals surface area contributed by atoms with Crippen molar-refractivity contribution < 1.29 is 9.90 Å². The third kappa shape index (κ3) is 2.30. The molecule has 1 aliphatic heterocycles. The SMILES string of the molecule is Cc1nc(N2CC(C)C(C(=O)O)C2)cc(=O)[nH]1. The van der Waals surface area contributed by atoms with E-state index in [0.29, 0.717) is 24.7 Å². The molecule has 0 saturated carbocycles. The van der Waals surface area contributed by atoms with E-state index >= 15 is 0 Å². The molecule has 1 fully saturated rings. The number of nitrogens with zero attached hydrogens (tertiary/aromatic N) is 2. The second-order valence-electron chi connectivity index (χ2n) is 4.52. The zero-order chi connectivity index (χ0) is 12.6. The Bertz CT molecular complexity index is 497. The average Bonchev–Trinajstić information content (AvgIpc) is 2.59. The Kier molecular flexibility index (Phi) is 2.87. The van der Waals surface area contributed by atoms with Crippen molar-refractivity contribution in [1.29, 1.82) is 0 Å². The van der Waals surface area contributed by atoms with Crippen LogP contribution in [0.1, 0.15) is 12.7 Å². The van der Waals surface area contributed by atoms with E-state index in [9.17, 15) is 9.59 Å². The van der Waals surface area contributed by atoms with Crippen LogP contribution in [0.15, 0.2) is 10.9 Å². The van der Waals surface area contributed by atoms with E-state index in [-0.39, 0.29) is 11.5 Å². The molecule has 0 aromatic carbocycles. The molecule has 1 aliphatic rings. The summed E-state index contributed by atoms with van der Waals surface area (Å²) in [5, 5.41) is 9.04. The third-order valence-electron chi connectivity index (χ3n) is 3.10. The maximum Gasteiger partial charge on any atom is 0.308 e. The highest BCUT2D eigenvalue weighted by atomic mass is 16.4. The Morgan fingerprint density at radius 1 is 1.59 bits per heavy atom. The van der Waals surface area contributed by atoms with Crippen LogP contribution in [0.4, 0.5) is 5.82 Å². The molecular formula is C11H15N3O3. The number of aromatic nitrogens is 2. The van der Waals surface area contributed by atoms with Gasteiger partial charge in [0.1, 0.15) is 11.6 Å². The highest BCUT2D eigenvalue weighted by Gasteiger charge is 2.35. The lowest BCUT2D eigenvalue weighted by molar-refractivity contribution is -0.142. The van der Waals surface area contributed by atoms with Crippen molar-refractivity contribution in [2.75, 3.05) is 18.0 Å². The number of hydrogen-bond donors (Lipinski definition) is 2. The van der Waals surface area contributed by atoms with Crippen LogP contribution in [0.25, 0.3) is 0 Å². The number of carboxylic acids is 1. The fourth-order valence-corrected chi connectivity index (χ4v) is 2.20. The summed E-state index contributed by atoms with van der Waals surface area (Å²) in [5.41, 5.74) is -0.209. The Morgan fingerprint density at radius 3 is 2.82 bits per heavy atom. The Hall–Kier alpha value is -1.85. The molecule has 1 aromatic rings. The lowest BCUT2D eigenvalue weighted by Crippen LogP contribution is -2.25. The molecule has 1 aromatic heterocycles. The normalized spacial score (nSPS) is 24.0. The maximum atomic E-state index is 11.3. The smallest absolute Gasteiger partial charge is 0.308 e. The molecule has 2 atom stereocenters. The number of aryl methyl sites for hydroxylation is 1. The first-order valence-corrected chi connectivity index (χ1v) is 5.53. The maximum absolute atomic E-state index is 11.3. The molecule has 1 saturated heterocycles. The van der Waals surface area contributed by atoms with Gasteiger partial charge in [0.15, 0.2) is 0 Å². The summed E-state index contributed by atoms with van der Waals surface area (Å²) in [7, 11) is 0. The van der Waals surface area contributed by atoms with Crippen LogP contribution in [0.5, 0.6) is 0 Å². The molecule has 2 heterocycles. The molecule has 0 aliphatic carbocycles. The Labute approximate surface area is 98.3 Å². The first-order valence-electron chi connectivity index (χ1n) is 5.53. The van der Waals surface area contributed by atoms with Crippen molar-refractivity contribution in [3.8, 4) is 0 Å². The van der Waals surface area contributed by atoms with Crippen molar-refractivity contribution in [2.24, 2.45) is 11.8 Å². The number of H-pyrrole nitrogens is 1. The first-order chi connectivity index (χ1) is 7.97. The second-order valence-corrected chi connectivity index (χ2v) is 4.52. The minimum absolute atomic E-state index is 0.0638. The second kappa shape index (κ2) is 4.20. The van der Waals surface area contributed by atoms with Gasteiger partial charge in [0, 0.05) is 19.2 Å². The van der Waals surface area contributed by atoms with Gasteiger partial charge in [0.25, 0.3) is 5.56 Å². The van der Waals surface area contributed by atoms with Gasteiger partial charge in [-0.05, 0) is 12.8 Å². The van der Waals surface area contributed by atoms with Crippen molar-refractivity contribution in [3.05, 3.63) is 22.2 Å². The van der Waals surface area contributed by atoms with E-state index in [1.54, 1.807) is 6.92 Å². The van der Waals surface area contributed by atoms with E-state index < -0.39 is 11.9 Å². The summed E-state index contributed by atoms with van der Waals surface area (Å²) in [6.45, 7) is 4.64. The van der Waals surface area contributed by atoms with Crippen LogP contribution >= 0.6 is 0 Å². The van der Waals surface area contributed by atoms with Crippen molar-refractivity contribution in [3.63, 3.8) is 0 Å². The topological polar surface area (TPSA) is 86.3 Å². The van der Waals surface area contributed by atoms with Gasteiger partial charge in [-0.15, -0.1) is 0 Å². The van der Waals surface area contributed by atoms with Crippen molar-refractivity contribution >= 4 is 11.8 Å². The first kappa shape index (κ1) is 11.6. The van der Waals surface area contributed by atoms with Gasteiger partial charge in [0.2, 0.25) is 0 Å². The molecule has 0 spiro atoms. The van der Waals surface area contributed by atoms with Gasteiger partial charge in [0.05, 0.1) is 5.92 Å². The fraction of sp³-hybridized carbons (Fsp3) is 0.545. The molecular weight excluding hydrogens is 222 g/mol. The lowest BCUT2D eigenvalue weighted by atomic mass is 9.99. The lowest BCUT2D eigenvalue weighted by Gasteiger charge is -2.16. The molecule has 0 amide bonds. The van der Waals surface area contributed by atoms with Crippen molar-refractivity contribution in [1.82, 2.24) is 9.97 Å². The van der Waals surface area contributed by atoms with Gasteiger partial charge in [-0.25, -0.2) is 4.98 Å². The van der Waals surface area contributed by atoms with Gasteiger partial charge >= 0.3 is 5.97 Å². The predicted molar refractivity (Wildman–Crippen MR) is 62.1 cm³/mol. The number of carbonyl (C=O) groups is 1. The highest BCUT2D eigenvalue weighted by molar-refractivity contribution is 5.72. The zero-order valence-corrected chi connectivity index (χ0v) is 9.80. The van der Waals surface area contributed by atoms with Gasteiger partial charge in [-0.2, -0.15) is 0 Å². The monoisotopic (exact) mass is 237 g/mol. The molecule has 0 radical (unpaired) electrons. The number of carboxylic acid groups (broad SMARTS) is 1. The minimum Gasteiger partial charge on any atom is -0.481 e. The van der Waals surface area contributed by atoms with Crippen LogP contribution in [0, 0.1) is 18.8 Å². The molecule has 6 nitrogen and oxygen atoms in total. The minimum atomic E-state index is -0.790. The van der Waals surface area contributed by atoms with E-state index in [2.05, 4.69) is 9.97 Å². The Balaban J connectivity index is 2.25. The molecule has 0 bridgehead atoms. The third-order valence-corrected chi connectivity index (χ3v) is 3.10. The van der Waals surface area contributed by atoms with Crippen LogP contribution in [0.2, 0.25) is 0 Å². The summed E-state index contributed by atoms with van der Waals surface area (Å²) < 4.78 is 0. The van der Waals surface area contributed by atoms with Crippen LogP contribution in [-0.2, 0) is 4.79 Å². The van der Waals surface area contributed by atoms with E-state index in [1.807, 2.05) is 11.8 Å². The quantitative estimate of drug-likeness (QED) is 0.769. The number of hydrogen-bond acceptors (Lipinski definition) is 4. The molecule has 92 valence electrons. The van der Waals surface area contributed by atoms with E-state index in [4.69, 9.17) is 5.11 Å². The van der Waals surface area contributed by atoms with Gasteiger partial charge in [-0.1, -0.05) is 6.92 Å². The zero-order valence-electron chi connectivity index (χ0n) is 9.80. The number of aliphatic carboxylic acids is 1. The van der Waals surface area contributed by atoms with Crippen molar-refractivity contribution in [2.45, 2.75) is 13.8 Å². The summed E-state index contributed by atoms with van der Waals surface area (Å²) in [6, 6.07) is 1.41. The Morgan fingerprint density at radius 2 is 2.29 bits per heavy atom. The number of rotatable bonds is 2. The summed E-state index contributed by atoms with van der Waals surface area (Å²) in [4.78, 5) is 31.0. The summed E-state index contributed by atoms with van der Waals surface area (Å²) >= 11 is 0. The van der Waals surface area contributed by atoms with Gasteiger partial charge < -0.3 is 15.0 Å². The number of aromatic amines is 1. The largest absolute Gasteiger partial charge is 0.481 e. The summed E-state index contributed by atoms with van der Waals surface area (Å²) in [6.07, 6.45) is 0. The van der Waals surface area contributed by atoms with E-state index in [0.717, 1.165) is 0 Å². The molecule has 2 unspecified atom stereocenters. The van der Waals surface area contributed by atoms with Gasteiger partial charge in [-0.3, -0.25) is 9.59 Å². The molecule has 2 rings (SSSR count). The van der Waals surface area contributed by atoms with Crippen LogP contribution in [-0.4, -0.2) is 34.1 Å². The van der Waals surface area contributed by atoms with E-state index in [1.165, 1.54) is 6.07 Å². The highest BCUT2D eigenvalue weighted by Crippen LogP contribution is 2.26. The predicted octanol–water partition coefficient (Wildman–Crippen LogP) is 0.235. The molecule has 17 heavy (non-hydrogen) atoms. The number of anilines is 1. The standard InChI is InChI=1S/C11H15N3O3/c1-6-4-14(5-8(6)11(16)17)9-3-10(15)13-7(2)12-9/h3,6,8H,4-5H2,1-2H3,(H,16,17)(H,12,13,15). The van der Waals surface area contributed by atoms with Crippen LogP contribution in [0.3, 0.4) is 0 Å². The fourth-order valence-electron chi connectivity index (χ4n) is 2.20.